The second kappa shape index (κ2) is 5.63. The van der Waals surface area contributed by atoms with Crippen molar-refractivity contribution in [3.63, 3.8) is 0 Å². The van der Waals surface area contributed by atoms with Gasteiger partial charge in [0.15, 0.2) is 5.13 Å². The fourth-order valence-corrected chi connectivity index (χ4v) is 3.28. The van der Waals surface area contributed by atoms with E-state index in [0.717, 1.165) is 25.0 Å². The Hall–Kier alpha value is -1.88. The van der Waals surface area contributed by atoms with Crippen LogP contribution in [0.2, 0.25) is 0 Å². The summed E-state index contributed by atoms with van der Waals surface area (Å²) >= 11 is 1.37. The van der Waals surface area contributed by atoms with E-state index in [1.165, 1.54) is 22.5 Å². The maximum absolute atomic E-state index is 12.1. The average molecular weight is 287 g/mol. The summed E-state index contributed by atoms with van der Waals surface area (Å²) in [7, 11) is 0. The summed E-state index contributed by atoms with van der Waals surface area (Å²) in [6, 6.07) is 8.48. The first kappa shape index (κ1) is 13.1. The summed E-state index contributed by atoms with van der Waals surface area (Å²) in [5.41, 5.74) is 8.93. The van der Waals surface area contributed by atoms with Crippen LogP contribution in [0.1, 0.15) is 35.7 Å². The van der Waals surface area contributed by atoms with E-state index in [4.69, 9.17) is 5.73 Å². The van der Waals surface area contributed by atoms with Crippen LogP contribution < -0.4 is 11.1 Å². The Balaban J connectivity index is 1.68. The predicted molar refractivity (Wildman–Crippen MR) is 80.5 cm³/mol. The number of benzene rings is 1. The van der Waals surface area contributed by atoms with Crippen LogP contribution >= 0.6 is 11.3 Å². The minimum Gasteiger partial charge on any atom is -0.375 e. The lowest BCUT2D eigenvalue weighted by Crippen LogP contribution is -2.32. The second-order valence-corrected chi connectivity index (χ2v) is 5.95. The van der Waals surface area contributed by atoms with Crippen molar-refractivity contribution >= 4 is 22.4 Å². The number of fused-ring (bicyclic) bond motifs is 1. The summed E-state index contributed by atoms with van der Waals surface area (Å²) in [5.74, 6) is 0.0111. The Bertz CT molecular complexity index is 623. The minimum absolute atomic E-state index is 0.0111. The Morgan fingerprint density at radius 3 is 3.10 bits per heavy atom. The lowest BCUT2D eigenvalue weighted by atomic mass is 9.87. The fourth-order valence-electron chi connectivity index (χ4n) is 2.72. The number of nitrogens with two attached hydrogens (primary N) is 1. The first-order valence-electron chi connectivity index (χ1n) is 6.79. The second-order valence-electron chi connectivity index (χ2n) is 5.06. The molecule has 2 aromatic rings. The Labute approximate surface area is 122 Å². The van der Waals surface area contributed by atoms with Gasteiger partial charge in [0.1, 0.15) is 0 Å². The standard InChI is InChI=1S/C15H17N3OS/c16-15-17-11(9-20-15)8-14(19)18-13-7-3-5-10-4-1-2-6-12(10)13/h1-2,4,6,9,13H,3,5,7-8H2,(H2,16,17)(H,18,19). The maximum atomic E-state index is 12.1. The van der Waals surface area contributed by atoms with Gasteiger partial charge in [-0.05, 0) is 30.4 Å². The van der Waals surface area contributed by atoms with Crippen LogP contribution in [0.3, 0.4) is 0 Å². The van der Waals surface area contributed by atoms with E-state index in [1.807, 2.05) is 11.4 Å². The molecule has 3 N–H and O–H groups in total. The molecule has 5 heteroatoms. The predicted octanol–water partition coefficient (Wildman–Crippen LogP) is 2.46. The zero-order chi connectivity index (χ0) is 13.9. The van der Waals surface area contributed by atoms with Crippen LogP contribution in [0.15, 0.2) is 29.6 Å². The van der Waals surface area contributed by atoms with Crippen LogP contribution in [-0.2, 0) is 17.6 Å². The van der Waals surface area contributed by atoms with E-state index in [2.05, 4.69) is 28.5 Å². The zero-order valence-corrected chi connectivity index (χ0v) is 12.0. The van der Waals surface area contributed by atoms with Gasteiger partial charge in [0.05, 0.1) is 18.2 Å². The molecule has 1 atom stereocenters. The van der Waals surface area contributed by atoms with Gasteiger partial charge in [-0.3, -0.25) is 4.79 Å². The number of nitrogens with one attached hydrogen (secondary N) is 1. The summed E-state index contributed by atoms with van der Waals surface area (Å²) < 4.78 is 0. The summed E-state index contributed by atoms with van der Waals surface area (Å²) in [5, 5.41) is 5.46. The van der Waals surface area contributed by atoms with Gasteiger partial charge in [0.2, 0.25) is 5.91 Å². The van der Waals surface area contributed by atoms with Gasteiger partial charge in [0, 0.05) is 5.38 Å². The number of nitrogen functional groups attached to an aromatic ring is 1. The smallest absolute Gasteiger partial charge is 0.226 e. The number of amides is 1. The number of hydrogen-bond donors (Lipinski definition) is 2. The summed E-state index contributed by atoms with van der Waals surface area (Å²) in [6.07, 6.45) is 3.52. The molecule has 1 aromatic carbocycles. The Morgan fingerprint density at radius 1 is 1.45 bits per heavy atom. The molecule has 1 heterocycles. The van der Waals surface area contributed by atoms with Gasteiger partial charge in [0.25, 0.3) is 0 Å². The van der Waals surface area contributed by atoms with Crippen molar-refractivity contribution in [3.05, 3.63) is 46.5 Å². The molecule has 1 aromatic heterocycles. The molecule has 1 aliphatic carbocycles. The van der Waals surface area contributed by atoms with Crippen molar-refractivity contribution < 1.29 is 4.79 Å². The van der Waals surface area contributed by atoms with Crippen LogP contribution in [-0.4, -0.2) is 10.9 Å². The van der Waals surface area contributed by atoms with Crippen LogP contribution in [0.25, 0.3) is 0 Å². The molecule has 0 radical (unpaired) electrons. The number of thiazole rings is 1. The molecule has 0 saturated carbocycles. The van der Waals surface area contributed by atoms with E-state index < -0.39 is 0 Å². The quantitative estimate of drug-likeness (QED) is 0.911. The van der Waals surface area contributed by atoms with Crippen LogP contribution in [0.5, 0.6) is 0 Å². The number of carbonyl (C=O) groups is 1. The van der Waals surface area contributed by atoms with Crippen molar-refractivity contribution in [2.24, 2.45) is 0 Å². The van der Waals surface area contributed by atoms with Crippen molar-refractivity contribution in [3.8, 4) is 0 Å². The highest BCUT2D eigenvalue weighted by molar-refractivity contribution is 7.13. The zero-order valence-electron chi connectivity index (χ0n) is 11.1. The van der Waals surface area contributed by atoms with Crippen molar-refractivity contribution in [1.82, 2.24) is 10.3 Å². The molecule has 0 spiro atoms. The lowest BCUT2D eigenvalue weighted by molar-refractivity contribution is -0.121. The molecule has 0 bridgehead atoms. The molecule has 4 nitrogen and oxygen atoms in total. The third-order valence-electron chi connectivity index (χ3n) is 3.62. The summed E-state index contributed by atoms with van der Waals surface area (Å²) in [4.78, 5) is 16.2. The number of nitrogens with zero attached hydrogens (tertiary/aromatic N) is 1. The van der Waals surface area contributed by atoms with Gasteiger partial charge in [-0.15, -0.1) is 11.3 Å². The highest BCUT2D eigenvalue weighted by Crippen LogP contribution is 2.29. The van der Waals surface area contributed by atoms with E-state index in [-0.39, 0.29) is 11.9 Å². The molecule has 1 unspecified atom stereocenters. The normalized spacial score (nSPS) is 17.5. The van der Waals surface area contributed by atoms with Crippen LogP contribution in [0, 0.1) is 0 Å². The molecule has 1 amide bonds. The van der Waals surface area contributed by atoms with Crippen molar-refractivity contribution in [1.29, 1.82) is 0 Å². The first-order chi connectivity index (χ1) is 9.72. The number of aromatic nitrogens is 1. The minimum atomic E-state index is 0.0111. The molecule has 1 aliphatic rings. The van der Waals surface area contributed by atoms with Gasteiger partial charge in [-0.25, -0.2) is 4.98 Å². The van der Waals surface area contributed by atoms with E-state index in [9.17, 15) is 4.79 Å². The monoisotopic (exact) mass is 287 g/mol. The SMILES string of the molecule is Nc1nc(CC(=O)NC2CCCc3ccccc32)cs1. The fraction of sp³-hybridized carbons (Fsp3) is 0.333. The molecule has 3 rings (SSSR count). The number of hydrogen-bond acceptors (Lipinski definition) is 4. The average Bonchev–Trinajstić information content (AvgIpc) is 2.84. The number of rotatable bonds is 3. The van der Waals surface area contributed by atoms with Gasteiger partial charge < -0.3 is 11.1 Å². The molecule has 20 heavy (non-hydrogen) atoms. The highest BCUT2D eigenvalue weighted by atomic mass is 32.1. The third kappa shape index (κ3) is 2.82. The Kier molecular flexibility index (Phi) is 3.69. The number of carbonyl (C=O) groups excluding carboxylic acids is 1. The van der Waals surface area contributed by atoms with E-state index >= 15 is 0 Å². The van der Waals surface area contributed by atoms with Gasteiger partial charge in [-0.1, -0.05) is 24.3 Å². The Morgan fingerprint density at radius 2 is 2.30 bits per heavy atom. The molecular formula is C15H17N3OS. The molecule has 104 valence electrons. The molecule has 0 saturated heterocycles. The van der Waals surface area contributed by atoms with E-state index in [1.54, 1.807) is 0 Å². The summed E-state index contributed by atoms with van der Waals surface area (Å²) in [6.45, 7) is 0. The first-order valence-corrected chi connectivity index (χ1v) is 7.67. The topological polar surface area (TPSA) is 68.0 Å². The maximum Gasteiger partial charge on any atom is 0.226 e. The lowest BCUT2D eigenvalue weighted by Gasteiger charge is -2.26. The van der Waals surface area contributed by atoms with Gasteiger partial charge >= 0.3 is 0 Å². The number of aryl methyl sites for hydroxylation is 1. The molecule has 0 fully saturated rings. The largest absolute Gasteiger partial charge is 0.375 e. The van der Waals surface area contributed by atoms with Crippen molar-refractivity contribution in [2.45, 2.75) is 31.7 Å². The van der Waals surface area contributed by atoms with E-state index in [0.29, 0.717) is 11.6 Å². The highest BCUT2D eigenvalue weighted by Gasteiger charge is 2.21. The molecule has 0 aliphatic heterocycles. The van der Waals surface area contributed by atoms with Crippen molar-refractivity contribution in [2.75, 3.05) is 5.73 Å². The third-order valence-corrected chi connectivity index (χ3v) is 4.34. The van der Waals surface area contributed by atoms with Gasteiger partial charge in [-0.2, -0.15) is 0 Å². The van der Waals surface area contributed by atoms with Crippen LogP contribution in [0.4, 0.5) is 5.13 Å². The molecular weight excluding hydrogens is 270 g/mol. The number of anilines is 1.